The Balaban J connectivity index is 2.03. The summed E-state index contributed by atoms with van der Waals surface area (Å²) >= 11 is 6.18. The minimum absolute atomic E-state index is 0.188. The molecule has 3 aromatic rings. The highest BCUT2D eigenvalue weighted by atomic mass is 35.5. The molecule has 112 valence electrons. The first-order valence-corrected chi connectivity index (χ1v) is 6.72. The monoisotopic (exact) mass is 318 g/mol. The minimum Gasteiger partial charge on any atom is -0.480 e. The quantitative estimate of drug-likeness (QED) is 0.717. The first kappa shape index (κ1) is 14.2. The second-order valence-corrected chi connectivity index (χ2v) is 4.97. The van der Waals surface area contributed by atoms with Crippen LogP contribution in [-0.4, -0.2) is 22.8 Å². The summed E-state index contributed by atoms with van der Waals surface area (Å²) in [5, 5.41) is 13.6. The molecule has 0 radical (unpaired) electrons. The molecule has 3 rings (SSSR count). The van der Waals surface area contributed by atoms with Gasteiger partial charge in [0.2, 0.25) is 0 Å². The molecule has 1 aromatic heterocycles. The fraction of sp³-hybridized carbons (Fsp3) is 0.0667. The smallest absolute Gasteiger partial charge is 0.341 e. The summed E-state index contributed by atoms with van der Waals surface area (Å²) in [5.41, 5.74) is 8.12. The number of hydrogen-bond donors (Lipinski definition) is 2. The molecule has 0 fully saturated rings. The van der Waals surface area contributed by atoms with Crippen molar-refractivity contribution in [2.75, 3.05) is 12.3 Å². The van der Waals surface area contributed by atoms with Crippen molar-refractivity contribution in [2.24, 2.45) is 0 Å². The van der Waals surface area contributed by atoms with E-state index in [9.17, 15) is 4.79 Å². The number of rotatable bonds is 4. The van der Waals surface area contributed by atoms with Gasteiger partial charge in [0.1, 0.15) is 16.5 Å². The van der Waals surface area contributed by atoms with Crippen molar-refractivity contribution in [1.82, 2.24) is 5.16 Å². The Morgan fingerprint density at radius 2 is 2.00 bits per heavy atom. The van der Waals surface area contributed by atoms with Gasteiger partial charge in [0.25, 0.3) is 0 Å². The molecule has 0 saturated heterocycles. The topological polar surface area (TPSA) is 98.6 Å². The number of hydrogen-bond acceptors (Lipinski definition) is 5. The number of carbonyl (C=O) groups is 1. The number of nitrogens with zero attached hydrogens (tertiary/aromatic N) is 1. The Bertz CT molecular complexity index is 843. The van der Waals surface area contributed by atoms with Crippen molar-refractivity contribution in [3.63, 3.8) is 0 Å². The SMILES string of the molecule is Nc1ccc(-c2noc3c(Cl)c(OCC(=O)O)ccc23)cc1. The number of aromatic nitrogens is 1. The van der Waals surface area contributed by atoms with Crippen LogP contribution < -0.4 is 10.5 Å². The van der Waals surface area contributed by atoms with Crippen molar-refractivity contribution in [3.05, 3.63) is 41.4 Å². The molecule has 0 saturated carbocycles. The standard InChI is InChI=1S/C15H11ClN2O4/c16-13-11(21-7-12(19)20)6-5-10-14(18-22-15(10)13)8-1-3-9(17)4-2-8/h1-6H,7,17H2,(H,19,20). The summed E-state index contributed by atoms with van der Waals surface area (Å²) in [5.74, 6) is -0.854. The largest absolute Gasteiger partial charge is 0.480 e. The van der Waals surface area contributed by atoms with Crippen molar-refractivity contribution in [3.8, 4) is 17.0 Å². The Kier molecular flexibility index (Phi) is 3.60. The average Bonchev–Trinajstić information content (AvgIpc) is 2.92. The summed E-state index contributed by atoms with van der Waals surface area (Å²) in [4.78, 5) is 10.6. The lowest BCUT2D eigenvalue weighted by molar-refractivity contribution is -0.139. The fourth-order valence-corrected chi connectivity index (χ4v) is 2.31. The van der Waals surface area contributed by atoms with Crippen molar-refractivity contribution in [1.29, 1.82) is 0 Å². The van der Waals surface area contributed by atoms with Crippen LogP contribution in [0.1, 0.15) is 0 Å². The van der Waals surface area contributed by atoms with Crippen LogP contribution in [-0.2, 0) is 4.79 Å². The molecule has 0 aliphatic rings. The maximum atomic E-state index is 10.6. The first-order valence-electron chi connectivity index (χ1n) is 6.34. The van der Waals surface area contributed by atoms with Crippen LogP contribution in [0.2, 0.25) is 5.02 Å². The second kappa shape index (κ2) is 5.57. The average molecular weight is 319 g/mol. The number of halogens is 1. The molecule has 0 aliphatic carbocycles. The molecule has 3 N–H and O–H groups in total. The Hall–Kier alpha value is -2.73. The first-order chi connectivity index (χ1) is 10.6. The summed E-state index contributed by atoms with van der Waals surface area (Å²) in [6, 6.07) is 10.5. The van der Waals surface area contributed by atoms with E-state index in [1.807, 2.05) is 12.1 Å². The maximum absolute atomic E-state index is 10.6. The van der Waals surface area contributed by atoms with Gasteiger partial charge in [-0.15, -0.1) is 0 Å². The predicted octanol–water partition coefficient (Wildman–Crippen LogP) is 3.19. The van der Waals surface area contributed by atoms with E-state index in [1.54, 1.807) is 24.3 Å². The lowest BCUT2D eigenvalue weighted by Gasteiger charge is -2.05. The van der Waals surface area contributed by atoms with E-state index in [1.165, 1.54) is 0 Å². The van der Waals surface area contributed by atoms with Crippen LogP contribution in [0.3, 0.4) is 0 Å². The third-order valence-electron chi connectivity index (χ3n) is 3.08. The van der Waals surface area contributed by atoms with Gasteiger partial charge in [0.05, 0.1) is 5.39 Å². The lowest BCUT2D eigenvalue weighted by atomic mass is 10.1. The number of fused-ring (bicyclic) bond motifs is 1. The van der Waals surface area contributed by atoms with Crippen LogP contribution in [0.15, 0.2) is 40.9 Å². The molecule has 0 spiro atoms. The highest BCUT2D eigenvalue weighted by Gasteiger charge is 2.17. The van der Waals surface area contributed by atoms with Gasteiger partial charge in [-0.05, 0) is 24.3 Å². The molecule has 0 unspecified atom stereocenters. The van der Waals surface area contributed by atoms with Gasteiger partial charge >= 0.3 is 5.97 Å². The summed E-state index contributed by atoms with van der Waals surface area (Å²) in [6.07, 6.45) is 0. The number of nitrogen functional groups attached to an aromatic ring is 1. The van der Waals surface area contributed by atoms with Gasteiger partial charge in [-0.2, -0.15) is 0 Å². The zero-order valence-electron chi connectivity index (χ0n) is 11.2. The van der Waals surface area contributed by atoms with Crippen LogP contribution >= 0.6 is 11.6 Å². The van der Waals surface area contributed by atoms with Gasteiger partial charge in [-0.3, -0.25) is 0 Å². The molecule has 0 bridgehead atoms. The number of carboxylic acids is 1. The molecular formula is C15H11ClN2O4. The van der Waals surface area contributed by atoms with E-state index in [-0.39, 0.29) is 10.8 Å². The number of nitrogens with two attached hydrogens (primary N) is 1. The minimum atomic E-state index is -1.09. The number of carboxylic acid groups (broad SMARTS) is 1. The van der Waals surface area contributed by atoms with E-state index < -0.39 is 12.6 Å². The van der Waals surface area contributed by atoms with Crippen LogP contribution in [0, 0.1) is 0 Å². The van der Waals surface area contributed by atoms with Gasteiger partial charge < -0.3 is 20.1 Å². The Morgan fingerprint density at radius 3 is 2.68 bits per heavy atom. The second-order valence-electron chi connectivity index (χ2n) is 4.59. The number of benzene rings is 2. The molecule has 6 nitrogen and oxygen atoms in total. The summed E-state index contributed by atoms with van der Waals surface area (Å²) in [7, 11) is 0. The van der Waals surface area contributed by atoms with Gasteiger partial charge in [-0.25, -0.2) is 4.79 Å². The molecular weight excluding hydrogens is 308 g/mol. The Labute approximate surface area is 130 Å². The molecule has 1 heterocycles. The molecule has 0 amide bonds. The van der Waals surface area contributed by atoms with Gasteiger partial charge in [-0.1, -0.05) is 28.9 Å². The van der Waals surface area contributed by atoms with Crippen molar-refractivity contribution in [2.45, 2.75) is 0 Å². The summed E-state index contributed by atoms with van der Waals surface area (Å²) in [6.45, 7) is -0.482. The van der Waals surface area contributed by atoms with Crippen LogP contribution in [0.5, 0.6) is 5.75 Å². The third kappa shape index (κ3) is 2.56. The molecule has 0 atom stereocenters. The van der Waals surface area contributed by atoms with E-state index >= 15 is 0 Å². The normalized spacial score (nSPS) is 10.8. The van der Waals surface area contributed by atoms with Crippen LogP contribution in [0.25, 0.3) is 22.2 Å². The zero-order valence-corrected chi connectivity index (χ0v) is 12.0. The highest BCUT2D eigenvalue weighted by molar-refractivity contribution is 6.36. The van der Waals surface area contributed by atoms with Crippen molar-refractivity contribution < 1.29 is 19.2 Å². The fourth-order valence-electron chi connectivity index (χ4n) is 2.05. The Morgan fingerprint density at radius 1 is 1.27 bits per heavy atom. The zero-order chi connectivity index (χ0) is 15.7. The number of anilines is 1. The van der Waals surface area contributed by atoms with E-state index in [4.69, 9.17) is 31.7 Å². The number of aliphatic carboxylic acids is 1. The lowest BCUT2D eigenvalue weighted by Crippen LogP contribution is -2.09. The molecule has 7 heteroatoms. The molecule has 2 aromatic carbocycles. The summed E-state index contributed by atoms with van der Waals surface area (Å²) < 4.78 is 10.4. The molecule has 22 heavy (non-hydrogen) atoms. The van der Waals surface area contributed by atoms with Crippen molar-refractivity contribution >= 4 is 34.2 Å². The van der Waals surface area contributed by atoms with E-state index in [2.05, 4.69) is 5.16 Å². The van der Waals surface area contributed by atoms with Crippen LogP contribution in [0.4, 0.5) is 5.69 Å². The predicted molar refractivity (Wildman–Crippen MR) is 82.0 cm³/mol. The van der Waals surface area contributed by atoms with E-state index in [0.29, 0.717) is 22.4 Å². The van der Waals surface area contributed by atoms with Gasteiger partial charge in [0, 0.05) is 11.3 Å². The third-order valence-corrected chi connectivity index (χ3v) is 3.44. The highest BCUT2D eigenvalue weighted by Crippen LogP contribution is 2.37. The van der Waals surface area contributed by atoms with E-state index in [0.717, 1.165) is 5.56 Å². The van der Waals surface area contributed by atoms with Gasteiger partial charge in [0.15, 0.2) is 12.2 Å². The number of ether oxygens (including phenoxy) is 1. The maximum Gasteiger partial charge on any atom is 0.341 e. The molecule has 0 aliphatic heterocycles.